The van der Waals surface area contributed by atoms with E-state index in [0.29, 0.717) is 27.4 Å². The molecule has 6 nitrogen and oxygen atoms in total. The van der Waals surface area contributed by atoms with E-state index in [-0.39, 0.29) is 11.7 Å². The molecule has 3 aromatic rings. The normalized spacial score (nSPS) is 15.7. The summed E-state index contributed by atoms with van der Waals surface area (Å²) in [6, 6.07) is 8.29. The number of amides is 3. The Morgan fingerprint density at radius 3 is 2.47 bits per heavy atom. The van der Waals surface area contributed by atoms with E-state index in [1.807, 2.05) is 0 Å². The van der Waals surface area contributed by atoms with Crippen LogP contribution < -0.4 is 9.64 Å². The predicted octanol–water partition coefficient (Wildman–Crippen LogP) is 5.06. The molecule has 0 N–H and O–H groups in total. The number of para-hydroxylation sites is 1. The van der Waals surface area contributed by atoms with Crippen LogP contribution in [0.2, 0.25) is 5.15 Å². The van der Waals surface area contributed by atoms with Gasteiger partial charge in [-0.3, -0.25) is 4.79 Å². The molecule has 0 bridgehead atoms. The van der Waals surface area contributed by atoms with E-state index >= 15 is 0 Å². The van der Waals surface area contributed by atoms with Crippen molar-refractivity contribution in [3.8, 4) is 5.75 Å². The second-order valence-electron chi connectivity index (χ2n) is 7.73. The van der Waals surface area contributed by atoms with Crippen molar-refractivity contribution < 1.29 is 27.5 Å². The molecule has 1 aliphatic heterocycles. The minimum absolute atomic E-state index is 0.0699. The van der Waals surface area contributed by atoms with Gasteiger partial charge in [0, 0.05) is 18.0 Å². The molecule has 3 amide bonds. The molecule has 1 fully saturated rings. The third-order valence-electron chi connectivity index (χ3n) is 5.46. The quantitative estimate of drug-likeness (QED) is 0.308. The minimum atomic E-state index is -1.63. The number of benzene rings is 2. The Bertz CT molecular complexity index is 1280. The molecule has 2 heterocycles. The topological polar surface area (TPSA) is 62.7 Å². The average Bonchev–Trinajstić information content (AvgIpc) is 2.90. The van der Waals surface area contributed by atoms with E-state index < -0.39 is 46.4 Å². The van der Waals surface area contributed by atoms with Gasteiger partial charge in [-0.2, -0.15) is 4.39 Å². The maximum absolute atomic E-state index is 14.7. The number of aromatic nitrogens is 1. The molecule has 32 heavy (non-hydrogen) atoms. The summed E-state index contributed by atoms with van der Waals surface area (Å²) in [7, 11) is 0.974. The van der Waals surface area contributed by atoms with Gasteiger partial charge >= 0.3 is 6.03 Å². The fourth-order valence-corrected chi connectivity index (χ4v) is 3.96. The summed E-state index contributed by atoms with van der Waals surface area (Å²) in [5.41, 5.74) is -1.08. The number of nitrogens with zero attached hydrogens (tertiary/aromatic N) is 3. The largest absolute Gasteiger partial charge is 0.491 e. The van der Waals surface area contributed by atoms with Gasteiger partial charge in [-0.05, 0) is 31.5 Å². The maximum atomic E-state index is 14.7. The zero-order chi connectivity index (χ0) is 23.4. The van der Waals surface area contributed by atoms with Crippen LogP contribution in [0, 0.1) is 17.5 Å². The number of fused-ring (bicyclic) bond motifs is 1. The third-order valence-corrected chi connectivity index (χ3v) is 5.66. The molecule has 1 aliphatic rings. The summed E-state index contributed by atoms with van der Waals surface area (Å²) in [6.07, 6.45) is 0. The summed E-state index contributed by atoms with van der Waals surface area (Å²) >= 11 is 6.12. The smallest absolute Gasteiger partial charge is 0.332 e. The highest BCUT2D eigenvalue weighted by Gasteiger charge is 2.53. The summed E-state index contributed by atoms with van der Waals surface area (Å²) in [4.78, 5) is 32.2. The first-order valence-electron chi connectivity index (χ1n) is 9.49. The van der Waals surface area contributed by atoms with Crippen molar-refractivity contribution in [1.82, 2.24) is 9.88 Å². The molecule has 0 spiro atoms. The van der Waals surface area contributed by atoms with Crippen molar-refractivity contribution in [1.29, 1.82) is 0 Å². The van der Waals surface area contributed by atoms with Gasteiger partial charge in [0.15, 0.2) is 17.4 Å². The Hall–Kier alpha value is -3.33. The highest BCUT2D eigenvalue weighted by Crippen LogP contribution is 2.38. The fourth-order valence-electron chi connectivity index (χ4n) is 3.74. The number of methoxy groups -OCH3 is 1. The van der Waals surface area contributed by atoms with Crippen LogP contribution in [0.3, 0.4) is 0 Å². The molecular formula is C22H17ClF3N3O3. The van der Waals surface area contributed by atoms with Crippen LogP contribution in [0.25, 0.3) is 10.9 Å². The first kappa shape index (κ1) is 21.9. The summed E-state index contributed by atoms with van der Waals surface area (Å²) < 4.78 is 47.7. The van der Waals surface area contributed by atoms with Crippen molar-refractivity contribution in [2.45, 2.75) is 25.9 Å². The Labute approximate surface area is 186 Å². The number of anilines is 1. The van der Waals surface area contributed by atoms with Gasteiger partial charge in [0.2, 0.25) is 5.82 Å². The number of carbonyl (C=O) groups is 2. The minimum Gasteiger partial charge on any atom is -0.491 e. The molecule has 1 saturated heterocycles. The fraction of sp³-hybridized carbons (Fsp3) is 0.227. The Kier molecular flexibility index (Phi) is 5.24. The monoisotopic (exact) mass is 463 g/mol. The summed E-state index contributed by atoms with van der Waals surface area (Å²) in [6.45, 7) is 2.86. The highest BCUT2D eigenvalue weighted by molar-refractivity contribution is 6.30. The molecule has 10 heteroatoms. The number of rotatable bonds is 4. The molecule has 0 radical (unpaired) electrons. The Balaban J connectivity index is 1.80. The van der Waals surface area contributed by atoms with Gasteiger partial charge in [-0.25, -0.2) is 23.5 Å². The average molecular weight is 464 g/mol. The van der Waals surface area contributed by atoms with Crippen LogP contribution in [0.15, 0.2) is 36.4 Å². The lowest BCUT2D eigenvalue weighted by atomic mass is 10.0. The lowest BCUT2D eigenvalue weighted by molar-refractivity contribution is -0.123. The number of pyridine rings is 1. The standard InChI is InChI=1S/C22H17ClF3N3O3/c1-22(2)20(30)29(15-9-13(24)19(32-3)18(26)17(15)25)21(31)28(22)10-11-8-16(23)27-14-7-5-4-6-12(11)14/h4-9H,10H2,1-3H3. The van der Waals surface area contributed by atoms with Crippen LogP contribution in [0.4, 0.5) is 23.7 Å². The van der Waals surface area contributed by atoms with Crippen molar-refractivity contribution >= 4 is 40.1 Å². The first-order valence-corrected chi connectivity index (χ1v) is 9.87. The number of carbonyl (C=O) groups excluding carboxylic acids is 2. The van der Waals surface area contributed by atoms with Gasteiger partial charge in [-0.15, -0.1) is 0 Å². The molecule has 0 unspecified atom stereocenters. The zero-order valence-electron chi connectivity index (χ0n) is 17.2. The van der Waals surface area contributed by atoms with Crippen molar-refractivity contribution in [2.24, 2.45) is 0 Å². The van der Waals surface area contributed by atoms with Gasteiger partial charge in [-0.1, -0.05) is 29.8 Å². The van der Waals surface area contributed by atoms with E-state index in [2.05, 4.69) is 9.72 Å². The summed E-state index contributed by atoms with van der Waals surface area (Å²) in [5, 5.41) is 0.899. The van der Waals surface area contributed by atoms with E-state index in [1.54, 1.807) is 30.3 Å². The Morgan fingerprint density at radius 1 is 1.09 bits per heavy atom. The van der Waals surface area contributed by atoms with Crippen molar-refractivity contribution in [2.75, 3.05) is 12.0 Å². The number of hydrogen-bond donors (Lipinski definition) is 0. The van der Waals surface area contributed by atoms with Crippen molar-refractivity contribution in [3.63, 3.8) is 0 Å². The lowest BCUT2D eigenvalue weighted by Gasteiger charge is -2.28. The molecule has 1 aromatic heterocycles. The van der Waals surface area contributed by atoms with Crippen LogP contribution in [-0.4, -0.2) is 34.5 Å². The molecule has 0 aliphatic carbocycles. The van der Waals surface area contributed by atoms with Crippen LogP contribution >= 0.6 is 11.6 Å². The Morgan fingerprint density at radius 2 is 1.78 bits per heavy atom. The SMILES string of the molecule is COc1c(F)cc(N2C(=O)N(Cc3cc(Cl)nc4ccccc34)C(C)(C)C2=O)c(F)c1F. The van der Waals surface area contributed by atoms with Gasteiger partial charge in [0.25, 0.3) is 5.91 Å². The van der Waals surface area contributed by atoms with E-state index in [1.165, 1.54) is 18.7 Å². The lowest BCUT2D eigenvalue weighted by Crippen LogP contribution is -2.43. The third kappa shape index (κ3) is 3.24. The zero-order valence-corrected chi connectivity index (χ0v) is 18.0. The second-order valence-corrected chi connectivity index (χ2v) is 8.12. The van der Waals surface area contributed by atoms with Gasteiger partial charge in [0.1, 0.15) is 10.7 Å². The number of hydrogen-bond acceptors (Lipinski definition) is 4. The van der Waals surface area contributed by atoms with Crippen LogP contribution in [-0.2, 0) is 11.3 Å². The molecule has 4 rings (SSSR count). The molecule has 0 saturated carbocycles. The summed E-state index contributed by atoms with van der Waals surface area (Å²) in [5.74, 6) is -6.23. The van der Waals surface area contributed by atoms with Gasteiger partial charge in [0.05, 0.1) is 18.3 Å². The van der Waals surface area contributed by atoms with Crippen LogP contribution in [0.5, 0.6) is 5.75 Å². The number of halogens is 4. The molecule has 166 valence electrons. The number of urea groups is 1. The van der Waals surface area contributed by atoms with Crippen LogP contribution in [0.1, 0.15) is 19.4 Å². The molecule has 0 atom stereocenters. The van der Waals surface area contributed by atoms with Crippen molar-refractivity contribution in [3.05, 3.63) is 64.6 Å². The first-order chi connectivity index (χ1) is 15.1. The highest BCUT2D eigenvalue weighted by atomic mass is 35.5. The molecular weight excluding hydrogens is 447 g/mol. The predicted molar refractivity (Wildman–Crippen MR) is 112 cm³/mol. The second kappa shape index (κ2) is 7.67. The van der Waals surface area contributed by atoms with E-state index in [9.17, 15) is 22.8 Å². The maximum Gasteiger partial charge on any atom is 0.332 e. The van der Waals surface area contributed by atoms with E-state index in [0.717, 1.165) is 7.11 Å². The van der Waals surface area contributed by atoms with E-state index in [4.69, 9.17) is 11.6 Å². The number of ether oxygens (including phenoxy) is 1. The number of imide groups is 1. The molecule has 2 aromatic carbocycles. The van der Waals surface area contributed by atoms with Gasteiger partial charge < -0.3 is 9.64 Å².